The Hall–Kier alpha value is -2.49. The lowest BCUT2D eigenvalue weighted by molar-refractivity contribution is -0.385. The number of non-ortho nitro benzene ring substituents is 1. The standard InChI is InChI=1S/C14H16FN3O3/c1-10(2)9-17(7-3-6-16)14(19)12-5-4-11(18(20)21)8-13(12)15/h4-5,8,10H,3,7,9H2,1-2H3. The number of benzene rings is 1. The van der Waals surface area contributed by atoms with Crippen molar-refractivity contribution in [3.05, 3.63) is 39.7 Å². The third-order valence-corrected chi connectivity index (χ3v) is 2.76. The number of nitrogens with zero attached hydrogens (tertiary/aromatic N) is 3. The Bertz CT molecular complexity index is 581. The highest BCUT2D eigenvalue weighted by atomic mass is 19.1. The molecular formula is C14H16FN3O3. The normalized spacial score (nSPS) is 10.2. The number of nitro benzene ring substituents is 1. The van der Waals surface area contributed by atoms with Gasteiger partial charge < -0.3 is 4.90 Å². The number of nitriles is 1. The second kappa shape index (κ2) is 7.33. The van der Waals surface area contributed by atoms with Crippen LogP contribution in [0.2, 0.25) is 0 Å². The van der Waals surface area contributed by atoms with Gasteiger partial charge in [0.15, 0.2) is 0 Å². The predicted octanol–water partition coefficient (Wildman–Crippen LogP) is 2.75. The van der Waals surface area contributed by atoms with Gasteiger partial charge >= 0.3 is 0 Å². The largest absolute Gasteiger partial charge is 0.337 e. The first-order valence-electron chi connectivity index (χ1n) is 6.47. The van der Waals surface area contributed by atoms with Gasteiger partial charge in [-0.15, -0.1) is 0 Å². The first kappa shape index (κ1) is 16.6. The van der Waals surface area contributed by atoms with Crippen molar-refractivity contribution in [2.75, 3.05) is 13.1 Å². The number of hydrogen-bond acceptors (Lipinski definition) is 4. The van der Waals surface area contributed by atoms with Crippen molar-refractivity contribution < 1.29 is 14.1 Å². The van der Waals surface area contributed by atoms with E-state index in [0.717, 1.165) is 18.2 Å². The molecule has 0 fully saturated rings. The molecule has 6 nitrogen and oxygen atoms in total. The van der Waals surface area contributed by atoms with Crippen molar-refractivity contribution in [2.24, 2.45) is 5.92 Å². The zero-order valence-electron chi connectivity index (χ0n) is 11.9. The van der Waals surface area contributed by atoms with Crippen LogP contribution in [0.4, 0.5) is 10.1 Å². The van der Waals surface area contributed by atoms with E-state index in [-0.39, 0.29) is 24.4 Å². The van der Waals surface area contributed by atoms with Crippen LogP contribution in [0.15, 0.2) is 18.2 Å². The van der Waals surface area contributed by atoms with Crippen LogP contribution < -0.4 is 0 Å². The maximum absolute atomic E-state index is 13.9. The first-order chi connectivity index (χ1) is 9.86. The lowest BCUT2D eigenvalue weighted by atomic mass is 10.1. The van der Waals surface area contributed by atoms with Gasteiger partial charge in [-0.1, -0.05) is 13.8 Å². The van der Waals surface area contributed by atoms with E-state index in [4.69, 9.17) is 5.26 Å². The van der Waals surface area contributed by atoms with Crippen molar-refractivity contribution in [1.82, 2.24) is 4.90 Å². The molecule has 0 spiro atoms. The van der Waals surface area contributed by atoms with Crippen LogP contribution >= 0.6 is 0 Å². The maximum atomic E-state index is 13.9. The van der Waals surface area contributed by atoms with E-state index in [0.29, 0.717) is 6.54 Å². The summed E-state index contributed by atoms with van der Waals surface area (Å²) in [6.07, 6.45) is 0.146. The number of halogens is 1. The summed E-state index contributed by atoms with van der Waals surface area (Å²) in [5, 5.41) is 19.2. The summed E-state index contributed by atoms with van der Waals surface area (Å²) in [5.74, 6) is -1.33. The van der Waals surface area contributed by atoms with E-state index in [1.165, 1.54) is 4.90 Å². The van der Waals surface area contributed by atoms with Crippen molar-refractivity contribution >= 4 is 11.6 Å². The van der Waals surface area contributed by atoms with E-state index in [9.17, 15) is 19.3 Å². The van der Waals surface area contributed by atoms with Crippen LogP contribution in [0.5, 0.6) is 0 Å². The molecule has 0 N–H and O–H groups in total. The molecule has 0 heterocycles. The fourth-order valence-electron chi connectivity index (χ4n) is 1.86. The first-order valence-corrected chi connectivity index (χ1v) is 6.47. The average molecular weight is 293 g/mol. The Morgan fingerprint density at radius 3 is 2.67 bits per heavy atom. The highest BCUT2D eigenvalue weighted by Gasteiger charge is 2.21. The SMILES string of the molecule is CC(C)CN(CCC#N)C(=O)c1ccc([N+](=O)[O-])cc1F. The molecule has 0 radical (unpaired) electrons. The van der Waals surface area contributed by atoms with Gasteiger partial charge in [-0.3, -0.25) is 14.9 Å². The molecule has 112 valence electrons. The lowest BCUT2D eigenvalue weighted by Crippen LogP contribution is -2.35. The van der Waals surface area contributed by atoms with Gasteiger partial charge in [0.1, 0.15) is 5.82 Å². The zero-order chi connectivity index (χ0) is 16.0. The highest BCUT2D eigenvalue weighted by molar-refractivity contribution is 5.94. The average Bonchev–Trinajstić information content (AvgIpc) is 2.42. The quantitative estimate of drug-likeness (QED) is 0.596. The molecule has 0 aromatic heterocycles. The molecule has 0 unspecified atom stereocenters. The summed E-state index contributed by atoms with van der Waals surface area (Å²) in [6, 6.07) is 4.86. The fraction of sp³-hybridized carbons (Fsp3) is 0.429. The zero-order valence-corrected chi connectivity index (χ0v) is 11.9. The predicted molar refractivity (Wildman–Crippen MR) is 74.0 cm³/mol. The van der Waals surface area contributed by atoms with E-state index < -0.39 is 22.3 Å². The van der Waals surface area contributed by atoms with E-state index in [2.05, 4.69) is 0 Å². The van der Waals surface area contributed by atoms with Crippen LogP contribution in [0.25, 0.3) is 0 Å². The molecule has 0 aliphatic carbocycles. The summed E-state index contributed by atoms with van der Waals surface area (Å²) in [4.78, 5) is 23.5. The number of rotatable bonds is 6. The topological polar surface area (TPSA) is 87.2 Å². The Morgan fingerprint density at radius 2 is 2.19 bits per heavy atom. The van der Waals surface area contributed by atoms with Crippen molar-refractivity contribution in [3.63, 3.8) is 0 Å². The monoisotopic (exact) mass is 293 g/mol. The smallest absolute Gasteiger partial charge is 0.272 e. The second-order valence-corrected chi connectivity index (χ2v) is 4.97. The molecule has 1 amide bonds. The molecule has 0 saturated carbocycles. The fourth-order valence-corrected chi connectivity index (χ4v) is 1.86. The van der Waals surface area contributed by atoms with Crippen LogP contribution in [-0.2, 0) is 0 Å². The van der Waals surface area contributed by atoms with Gasteiger partial charge in [0.2, 0.25) is 0 Å². The van der Waals surface area contributed by atoms with Gasteiger partial charge in [0.05, 0.1) is 29.0 Å². The number of carbonyl (C=O) groups is 1. The van der Waals surface area contributed by atoms with Crippen LogP contribution in [0.3, 0.4) is 0 Å². The van der Waals surface area contributed by atoms with Crippen molar-refractivity contribution in [2.45, 2.75) is 20.3 Å². The van der Waals surface area contributed by atoms with Gasteiger partial charge in [-0.2, -0.15) is 5.26 Å². The number of carbonyl (C=O) groups excluding carboxylic acids is 1. The van der Waals surface area contributed by atoms with E-state index in [1.807, 2.05) is 19.9 Å². The van der Waals surface area contributed by atoms with E-state index in [1.54, 1.807) is 0 Å². The van der Waals surface area contributed by atoms with Crippen molar-refractivity contribution in [1.29, 1.82) is 5.26 Å². The minimum absolute atomic E-state index is 0.146. The minimum atomic E-state index is -0.931. The molecule has 7 heteroatoms. The number of hydrogen-bond donors (Lipinski definition) is 0. The van der Waals surface area contributed by atoms with Gasteiger partial charge in [-0.05, 0) is 12.0 Å². The highest BCUT2D eigenvalue weighted by Crippen LogP contribution is 2.18. The number of amides is 1. The van der Waals surface area contributed by atoms with E-state index >= 15 is 0 Å². The third-order valence-electron chi connectivity index (χ3n) is 2.76. The molecule has 0 aliphatic rings. The molecule has 0 aliphatic heterocycles. The molecule has 0 bridgehead atoms. The maximum Gasteiger partial charge on any atom is 0.272 e. The molecule has 0 saturated heterocycles. The molecule has 1 aromatic rings. The van der Waals surface area contributed by atoms with Gasteiger partial charge in [0.25, 0.3) is 11.6 Å². The minimum Gasteiger partial charge on any atom is -0.337 e. The number of nitro groups is 1. The van der Waals surface area contributed by atoms with Gasteiger partial charge in [0, 0.05) is 19.2 Å². The molecule has 1 rings (SSSR count). The Kier molecular flexibility index (Phi) is 5.79. The molecule has 21 heavy (non-hydrogen) atoms. The summed E-state index contributed by atoms with van der Waals surface area (Å²) in [7, 11) is 0. The van der Waals surface area contributed by atoms with Crippen molar-refractivity contribution in [3.8, 4) is 6.07 Å². The second-order valence-electron chi connectivity index (χ2n) is 4.97. The van der Waals surface area contributed by atoms with Crippen LogP contribution in [0, 0.1) is 33.2 Å². The summed E-state index contributed by atoms with van der Waals surface area (Å²) in [5.41, 5.74) is -0.629. The molecule has 1 aromatic carbocycles. The Morgan fingerprint density at radius 1 is 1.52 bits per heavy atom. The Labute approximate surface area is 121 Å². The molecular weight excluding hydrogens is 277 g/mol. The van der Waals surface area contributed by atoms with Gasteiger partial charge in [-0.25, -0.2) is 4.39 Å². The summed E-state index contributed by atoms with van der Waals surface area (Å²) < 4.78 is 13.9. The Balaban J connectivity index is 3.03. The van der Waals surface area contributed by atoms with Crippen LogP contribution in [-0.4, -0.2) is 28.8 Å². The lowest BCUT2D eigenvalue weighted by Gasteiger charge is -2.23. The summed E-state index contributed by atoms with van der Waals surface area (Å²) in [6.45, 7) is 4.39. The van der Waals surface area contributed by atoms with Crippen LogP contribution in [0.1, 0.15) is 30.6 Å². The molecule has 0 atom stereocenters. The third kappa shape index (κ3) is 4.53. The summed E-state index contributed by atoms with van der Waals surface area (Å²) >= 11 is 0.